The summed E-state index contributed by atoms with van der Waals surface area (Å²) in [5, 5.41) is 3.30. The van der Waals surface area contributed by atoms with Gasteiger partial charge < -0.3 is 10.2 Å². The normalized spacial score (nSPS) is 21.1. The van der Waals surface area contributed by atoms with Crippen molar-refractivity contribution in [2.45, 2.75) is 26.7 Å². The van der Waals surface area contributed by atoms with Crippen LogP contribution in [0.1, 0.15) is 26.7 Å². The Morgan fingerprint density at radius 2 is 1.95 bits per heavy atom. The molecule has 1 N–H and O–H groups in total. The Morgan fingerprint density at radius 1 is 1.25 bits per heavy atom. The molecule has 0 saturated carbocycles. The molecule has 1 rings (SSSR count). The molecule has 1 heterocycles. The van der Waals surface area contributed by atoms with Gasteiger partial charge >= 0.3 is 0 Å². The number of hydrogen-bond acceptors (Lipinski definition) is 4. The summed E-state index contributed by atoms with van der Waals surface area (Å²) in [5.74, 6) is 0.916. The van der Waals surface area contributed by atoms with E-state index in [0.717, 1.165) is 32.5 Å². The highest BCUT2D eigenvalue weighted by molar-refractivity contribution is 7.89. The van der Waals surface area contributed by atoms with Crippen LogP contribution in [0.4, 0.5) is 0 Å². The molecule has 0 amide bonds. The number of hydrogen-bond donors (Lipinski definition) is 1. The Kier molecular flexibility index (Phi) is 7.43. The summed E-state index contributed by atoms with van der Waals surface area (Å²) in [4.78, 5) is 2.03. The number of piperidine rings is 1. The van der Waals surface area contributed by atoms with E-state index in [1.54, 1.807) is 4.31 Å². The van der Waals surface area contributed by atoms with Gasteiger partial charge in [-0.3, -0.25) is 0 Å². The average molecular weight is 305 g/mol. The van der Waals surface area contributed by atoms with Gasteiger partial charge in [0.2, 0.25) is 10.0 Å². The van der Waals surface area contributed by atoms with Crippen molar-refractivity contribution in [2.24, 2.45) is 11.8 Å². The van der Waals surface area contributed by atoms with Crippen molar-refractivity contribution < 1.29 is 8.42 Å². The largest absolute Gasteiger partial charge is 0.316 e. The molecule has 1 saturated heterocycles. The van der Waals surface area contributed by atoms with Gasteiger partial charge in [0.1, 0.15) is 0 Å². The van der Waals surface area contributed by atoms with E-state index in [4.69, 9.17) is 0 Å². The van der Waals surface area contributed by atoms with Gasteiger partial charge in [-0.05, 0) is 51.9 Å². The first kappa shape index (κ1) is 17.9. The van der Waals surface area contributed by atoms with Crippen LogP contribution in [0, 0.1) is 11.8 Å². The number of nitrogens with one attached hydrogen (secondary N) is 1. The third kappa shape index (κ3) is 6.52. The van der Waals surface area contributed by atoms with Crippen molar-refractivity contribution in [3.05, 3.63) is 0 Å². The van der Waals surface area contributed by atoms with Crippen molar-refractivity contribution >= 4 is 10.0 Å². The fourth-order valence-electron chi connectivity index (χ4n) is 2.53. The second-order valence-electron chi connectivity index (χ2n) is 6.55. The number of likely N-dealkylation sites (N-methyl/N-ethyl adjacent to an activating group) is 1. The predicted octanol–water partition coefficient (Wildman–Crippen LogP) is 0.835. The minimum Gasteiger partial charge on any atom is -0.316 e. The Hall–Kier alpha value is -0.170. The van der Waals surface area contributed by atoms with E-state index >= 15 is 0 Å². The fraction of sp³-hybridized carbons (Fsp3) is 1.00. The topological polar surface area (TPSA) is 52.7 Å². The molecule has 0 bridgehead atoms. The lowest BCUT2D eigenvalue weighted by Crippen LogP contribution is -2.43. The van der Waals surface area contributed by atoms with Crippen molar-refractivity contribution in [1.29, 1.82) is 0 Å². The minimum atomic E-state index is -3.15. The molecule has 0 aromatic rings. The third-order valence-electron chi connectivity index (χ3n) is 3.60. The number of rotatable bonds is 8. The summed E-state index contributed by atoms with van der Waals surface area (Å²) < 4.78 is 26.9. The lowest BCUT2D eigenvalue weighted by molar-refractivity contribution is 0.308. The maximum atomic E-state index is 12.6. The quantitative estimate of drug-likeness (QED) is 0.722. The molecule has 1 atom stereocenters. The minimum absolute atomic E-state index is 0.266. The lowest BCUT2D eigenvalue weighted by atomic mass is 10.0. The van der Waals surface area contributed by atoms with Crippen molar-refractivity contribution in [3.63, 3.8) is 0 Å². The zero-order chi connectivity index (χ0) is 15.2. The number of nitrogens with zero attached hydrogens (tertiary/aromatic N) is 2. The van der Waals surface area contributed by atoms with E-state index in [-0.39, 0.29) is 5.92 Å². The molecule has 0 aromatic carbocycles. The van der Waals surface area contributed by atoms with Crippen LogP contribution in [-0.2, 0) is 10.0 Å². The molecule has 1 aliphatic rings. The molecule has 6 heteroatoms. The average Bonchev–Trinajstić information content (AvgIpc) is 2.34. The molecular weight excluding hydrogens is 274 g/mol. The molecule has 1 unspecified atom stereocenters. The molecule has 120 valence electrons. The summed E-state index contributed by atoms with van der Waals surface area (Å²) in [6.45, 7) is 7.98. The van der Waals surface area contributed by atoms with Crippen LogP contribution in [0.3, 0.4) is 0 Å². The Bertz CT molecular complexity index is 363. The Morgan fingerprint density at radius 3 is 2.45 bits per heavy atom. The first-order chi connectivity index (χ1) is 9.31. The molecule has 0 aromatic heterocycles. The molecule has 1 fully saturated rings. The van der Waals surface area contributed by atoms with Gasteiger partial charge in [-0.25, -0.2) is 12.7 Å². The van der Waals surface area contributed by atoms with Crippen LogP contribution in [0.25, 0.3) is 0 Å². The molecule has 0 radical (unpaired) electrons. The van der Waals surface area contributed by atoms with E-state index in [9.17, 15) is 8.42 Å². The van der Waals surface area contributed by atoms with Crippen molar-refractivity contribution in [1.82, 2.24) is 14.5 Å². The lowest BCUT2D eigenvalue weighted by Gasteiger charge is -2.29. The maximum Gasteiger partial charge on any atom is 0.214 e. The van der Waals surface area contributed by atoms with Gasteiger partial charge in [-0.2, -0.15) is 0 Å². The first-order valence-electron chi connectivity index (χ1n) is 7.64. The zero-order valence-corrected chi connectivity index (χ0v) is 14.2. The summed E-state index contributed by atoms with van der Waals surface area (Å²) >= 11 is 0. The van der Waals surface area contributed by atoms with E-state index in [0.29, 0.717) is 24.8 Å². The SMILES string of the molecule is CC(C)CN(CCN(C)C)S(=O)(=O)CC1CCCNC1. The molecule has 0 aliphatic carbocycles. The van der Waals surface area contributed by atoms with Gasteiger partial charge in [0.05, 0.1) is 5.75 Å². The van der Waals surface area contributed by atoms with Crippen molar-refractivity contribution in [2.75, 3.05) is 52.6 Å². The first-order valence-corrected chi connectivity index (χ1v) is 9.25. The van der Waals surface area contributed by atoms with Gasteiger partial charge in [-0.1, -0.05) is 13.8 Å². The van der Waals surface area contributed by atoms with Crippen LogP contribution in [0.5, 0.6) is 0 Å². The molecule has 0 spiro atoms. The standard InChI is InChI=1S/C14H31N3O2S/c1-13(2)11-17(9-8-16(3)4)20(18,19)12-14-6-5-7-15-10-14/h13-15H,5-12H2,1-4H3. The van der Waals surface area contributed by atoms with Crippen LogP contribution >= 0.6 is 0 Å². The summed E-state index contributed by atoms with van der Waals surface area (Å²) in [6, 6.07) is 0. The van der Waals surface area contributed by atoms with Gasteiger partial charge in [-0.15, -0.1) is 0 Å². The molecular formula is C14H31N3O2S. The highest BCUT2D eigenvalue weighted by atomic mass is 32.2. The van der Waals surface area contributed by atoms with Gasteiger partial charge in [0.15, 0.2) is 0 Å². The fourth-order valence-corrected chi connectivity index (χ4v) is 4.51. The van der Waals surface area contributed by atoms with E-state index in [2.05, 4.69) is 19.2 Å². The summed E-state index contributed by atoms with van der Waals surface area (Å²) in [6.07, 6.45) is 2.11. The summed E-state index contributed by atoms with van der Waals surface area (Å²) in [5.41, 5.74) is 0. The van der Waals surface area contributed by atoms with Gasteiger partial charge in [0, 0.05) is 19.6 Å². The summed E-state index contributed by atoms with van der Waals surface area (Å²) in [7, 11) is 0.809. The third-order valence-corrected chi connectivity index (χ3v) is 5.62. The van der Waals surface area contributed by atoms with E-state index < -0.39 is 10.0 Å². The highest BCUT2D eigenvalue weighted by Gasteiger charge is 2.27. The van der Waals surface area contributed by atoms with Crippen LogP contribution < -0.4 is 5.32 Å². The molecule has 5 nitrogen and oxygen atoms in total. The zero-order valence-electron chi connectivity index (χ0n) is 13.4. The van der Waals surface area contributed by atoms with Crippen LogP contribution in [0.2, 0.25) is 0 Å². The number of sulfonamides is 1. The van der Waals surface area contributed by atoms with Crippen LogP contribution in [0.15, 0.2) is 0 Å². The van der Waals surface area contributed by atoms with Crippen molar-refractivity contribution in [3.8, 4) is 0 Å². The smallest absolute Gasteiger partial charge is 0.214 e. The van der Waals surface area contributed by atoms with E-state index in [1.165, 1.54) is 0 Å². The Labute approximate surface area is 124 Å². The van der Waals surface area contributed by atoms with E-state index in [1.807, 2.05) is 19.0 Å². The predicted molar refractivity (Wildman–Crippen MR) is 84.3 cm³/mol. The highest BCUT2D eigenvalue weighted by Crippen LogP contribution is 2.16. The molecule has 20 heavy (non-hydrogen) atoms. The Balaban J connectivity index is 2.64. The van der Waals surface area contributed by atoms with Crippen LogP contribution in [-0.4, -0.2) is 70.2 Å². The maximum absolute atomic E-state index is 12.6. The molecule has 1 aliphatic heterocycles. The monoisotopic (exact) mass is 305 g/mol. The second-order valence-corrected chi connectivity index (χ2v) is 8.56. The second kappa shape index (κ2) is 8.32. The van der Waals surface area contributed by atoms with Gasteiger partial charge in [0.25, 0.3) is 0 Å².